The lowest BCUT2D eigenvalue weighted by Gasteiger charge is -2.46. The van der Waals surface area contributed by atoms with Gasteiger partial charge < -0.3 is 24.9 Å². The maximum Gasteiger partial charge on any atom is 0.249 e. The fourth-order valence-electron chi connectivity index (χ4n) is 6.54. The average molecular weight is 536 g/mol. The molecule has 2 aromatic rings. The summed E-state index contributed by atoms with van der Waals surface area (Å²) >= 11 is 1.41. The second kappa shape index (κ2) is 10.3. The first-order valence-electron chi connectivity index (χ1n) is 13.5. The van der Waals surface area contributed by atoms with Gasteiger partial charge in [-0.2, -0.15) is 0 Å². The number of thioether (sulfide) groups is 1. The van der Waals surface area contributed by atoms with Gasteiger partial charge in [-0.3, -0.25) is 9.59 Å². The highest BCUT2D eigenvalue weighted by Gasteiger charge is 2.63. The molecule has 5 atom stereocenters. The van der Waals surface area contributed by atoms with Crippen LogP contribution in [0.5, 0.6) is 5.75 Å². The molecule has 2 heterocycles. The number of hydrogen-bond acceptors (Lipinski definition) is 6. The van der Waals surface area contributed by atoms with Crippen LogP contribution in [0.3, 0.4) is 0 Å². The summed E-state index contributed by atoms with van der Waals surface area (Å²) in [6.45, 7) is 6.26. The summed E-state index contributed by atoms with van der Waals surface area (Å²) in [6.07, 6.45) is 4.09. The van der Waals surface area contributed by atoms with Crippen molar-refractivity contribution < 1.29 is 24.2 Å². The minimum absolute atomic E-state index is 0.0428. The lowest BCUT2D eigenvalue weighted by Crippen LogP contribution is -2.72. The normalized spacial score (nSPS) is 29.4. The van der Waals surface area contributed by atoms with Crippen molar-refractivity contribution in [1.29, 1.82) is 0 Å². The predicted octanol–water partition coefficient (Wildman–Crippen LogP) is 3.05. The van der Waals surface area contributed by atoms with Gasteiger partial charge in [0.1, 0.15) is 17.2 Å². The van der Waals surface area contributed by atoms with Gasteiger partial charge in [0.05, 0.1) is 24.0 Å². The molecule has 3 fully saturated rings. The molecule has 8 heteroatoms. The highest BCUT2D eigenvalue weighted by molar-refractivity contribution is 8.01. The first-order valence-corrected chi connectivity index (χ1v) is 14.4. The Labute approximate surface area is 228 Å². The van der Waals surface area contributed by atoms with E-state index in [1.807, 2.05) is 42.5 Å². The Hall–Kier alpha value is -3.00. The van der Waals surface area contributed by atoms with Crippen LogP contribution in [0.2, 0.25) is 0 Å². The summed E-state index contributed by atoms with van der Waals surface area (Å²) in [7, 11) is 0. The van der Waals surface area contributed by atoms with Gasteiger partial charge in [-0.25, -0.2) is 0 Å². The Morgan fingerprint density at radius 1 is 1.16 bits per heavy atom. The van der Waals surface area contributed by atoms with Gasteiger partial charge in [-0.05, 0) is 68.7 Å². The van der Waals surface area contributed by atoms with E-state index in [0.29, 0.717) is 13.0 Å². The van der Waals surface area contributed by atoms with Crippen molar-refractivity contribution >= 4 is 29.5 Å². The molecule has 0 unspecified atom stereocenters. The fourth-order valence-corrected chi connectivity index (χ4v) is 8.16. The van der Waals surface area contributed by atoms with Crippen molar-refractivity contribution in [2.24, 2.45) is 5.92 Å². The van der Waals surface area contributed by atoms with Crippen molar-refractivity contribution in [3.05, 3.63) is 65.7 Å². The third-order valence-corrected chi connectivity index (χ3v) is 9.90. The van der Waals surface area contributed by atoms with Gasteiger partial charge in [-0.15, -0.1) is 11.8 Å². The SMILES string of the molecule is CCCOc1cccc([C@]2(C(=O)N[C@@H]3C(=O)N4[C@@H](C(=O)[O-])C(C)(C)S[C@@H]34)CCC[C@H]2Cc2ccccc2)c1. The average Bonchev–Trinajstić information content (AvgIpc) is 3.43. The minimum atomic E-state index is -1.26. The summed E-state index contributed by atoms with van der Waals surface area (Å²) in [5.41, 5.74) is 1.25. The van der Waals surface area contributed by atoms with Crippen LogP contribution in [-0.2, 0) is 26.2 Å². The molecule has 2 amide bonds. The van der Waals surface area contributed by atoms with E-state index in [-0.39, 0.29) is 17.7 Å². The van der Waals surface area contributed by atoms with E-state index in [1.165, 1.54) is 22.2 Å². The van der Waals surface area contributed by atoms with Gasteiger partial charge in [-0.1, -0.05) is 55.8 Å². The van der Waals surface area contributed by atoms with E-state index in [4.69, 9.17) is 4.74 Å². The molecule has 0 aromatic heterocycles. The summed E-state index contributed by atoms with van der Waals surface area (Å²) in [5.74, 6) is -1.01. The van der Waals surface area contributed by atoms with Crippen LogP contribution in [-0.4, -0.2) is 51.5 Å². The summed E-state index contributed by atoms with van der Waals surface area (Å²) < 4.78 is 5.22. The number of hydrogen-bond donors (Lipinski definition) is 1. The van der Waals surface area contributed by atoms with Crippen LogP contribution in [0, 0.1) is 5.92 Å². The second-order valence-corrected chi connectivity index (χ2v) is 12.9. The maximum atomic E-state index is 14.3. The third-order valence-electron chi connectivity index (χ3n) is 8.32. The standard InChI is InChI=1S/C30H36N2O5S/c1-4-16-37-22-14-8-12-21(18-22)30(15-9-13-20(30)17-19-10-6-5-7-11-19)28(36)31-23-25(33)32-24(27(34)35)29(2,3)38-26(23)32/h5-8,10-12,14,18,20,23-24,26H,4,9,13,15-17H2,1-3H3,(H,31,36)(H,34,35)/p-1/t20-,23+,24-,26-,30-/m0/s1. The van der Waals surface area contributed by atoms with Crippen LogP contribution in [0.1, 0.15) is 57.6 Å². The molecule has 2 aliphatic heterocycles. The van der Waals surface area contributed by atoms with E-state index in [9.17, 15) is 19.5 Å². The molecule has 0 spiro atoms. The van der Waals surface area contributed by atoms with Crippen molar-refractivity contribution in [3.8, 4) is 5.75 Å². The maximum absolute atomic E-state index is 14.3. The minimum Gasteiger partial charge on any atom is -0.548 e. The van der Waals surface area contributed by atoms with Crippen LogP contribution in [0.4, 0.5) is 0 Å². The number of nitrogens with zero attached hydrogens (tertiary/aromatic N) is 1. The number of carboxylic acid groups (broad SMARTS) is 1. The molecule has 0 radical (unpaired) electrons. The summed E-state index contributed by atoms with van der Waals surface area (Å²) in [6, 6.07) is 16.2. The Bertz CT molecular complexity index is 1220. The highest BCUT2D eigenvalue weighted by atomic mass is 32.2. The van der Waals surface area contributed by atoms with Gasteiger partial charge in [0.2, 0.25) is 11.8 Å². The third kappa shape index (κ3) is 4.46. The molecule has 3 aliphatic rings. The van der Waals surface area contributed by atoms with E-state index in [0.717, 1.165) is 37.0 Å². The number of carbonyl (C=O) groups excluding carboxylic acids is 3. The topological polar surface area (TPSA) is 98.8 Å². The molecule has 5 rings (SSSR count). The number of ether oxygens (including phenoxy) is 1. The van der Waals surface area contributed by atoms with E-state index in [2.05, 4.69) is 24.4 Å². The number of carboxylic acids is 1. The zero-order chi connectivity index (χ0) is 27.1. The molecular weight excluding hydrogens is 500 g/mol. The molecule has 202 valence electrons. The van der Waals surface area contributed by atoms with E-state index >= 15 is 0 Å². The van der Waals surface area contributed by atoms with Crippen LogP contribution >= 0.6 is 11.8 Å². The molecule has 0 bridgehead atoms. The van der Waals surface area contributed by atoms with Crippen molar-refractivity contribution in [3.63, 3.8) is 0 Å². The Morgan fingerprint density at radius 3 is 2.63 bits per heavy atom. The molecule has 38 heavy (non-hydrogen) atoms. The van der Waals surface area contributed by atoms with Gasteiger partial charge in [0.25, 0.3) is 0 Å². The molecule has 7 nitrogen and oxygen atoms in total. The second-order valence-electron chi connectivity index (χ2n) is 11.2. The zero-order valence-corrected chi connectivity index (χ0v) is 23.0. The van der Waals surface area contributed by atoms with Crippen molar-refractivity contribution in [2.75, 3.05) is 6.61 Å². The van der Waals surface area contributed by atoms with Gasteiger partial charge in [0.15, 0.2) is 0 Å². The van der Waals surface area contributed by atoms with Gasteiger partial charge >= 0.3 is 0 Å². The van der Waals surface area contributed by atoms with Crippen LogP contribution < -0.4 is 15.2 Å². The number of β-lactam (4-membered cyclic amide) rings is 1. The molecule has 2 aromatic carbocycles. The lowest BCUT2D eigenvalue weighted by atomic mass is 9.69. The number of nitrogens with one attached hydrogen (secondary N) is 1. The molecule has 2 saturated heterocycles. The Balaban J connectivity index is 1.47. The molecule has 1 N–H and O–H groups in total. The molecule has 1 aliphatic carbocycles. The molecular formula is C30H35N2O5S-. The number of rotatable bonds is 9. The predicted molar refractivity (Wildman–Crippen MR) is 144 cm³/mol. The fraction of sp³-hybridized carbons (Fsp3) is 0.500. The summed E-state index contributed by atoms with van der Waals surface area (Å²) in [5, 5.41) is 14.5. The number of carbonyl (C=O) groups is 3. The zero-order valence-electron chi connectivity index (χ0n) is 22.1. The quantitative estimate of drug-likeness (QED) is 0.496. The van der Waals surface area contributed by atoms with Crippen LogP contribution in [0.25, 0.3) is 0 Å². The first kappa shape index (κ1) is 26.6. The monoisotopic (exact) mass is 535 g/mol. The molecule has 1 saturated carbocycles. The smallest absolute Gasteiger partial charge is 0.249 e. The number of fused-ring (bicyclic) bond motifs is 1. The van der Waals surface area contributed by atoms with E-state index in [1.54, 1.807) is 13.8 Å². The summed E-state index contributed by atoms with van der Waals surface area (Å²) in [4.78, 5) is 40.7. The Morgan fingerprint density at radius 2 is 1.92 bits per heavy atom. The van der Waals surface area contributed by atoms with Crippen molar-refractivity contribution in [1.82, 2.24) is 10.2 Å². The first-order chi connectivity index (χ1) is 18.2. The lowest BCUT2D eigenvalue weighted by molar-refractivity contribution is -0.312. The number of aliphatic carboxylic acids is 1. The van der Waals surface area contributed by atoms with Crippen LogP contribution in [0.15, 0.2) is 54.6 Å². The van der Waals surface area contributed by atoms with E-state index < -0.39 is 33.6 Å². The van der Waals surface area contributed by atoms with Gasteiger partial charge in [0, 0.05) is 4.75 Å². The number of amides is 2. The van der Waals surface area contributed by atoms with Crippen molar-refractivity contribution in [2.45, 2.75) is 80.5 Å². The Kier molecular flexibility index (Phi) is 7.20. The number of benzene rings is 2. The largest absolute Gasteiger partial charge is 0.548 e. The highest BCUT2D eigenvalue weighted by Crippen LogP contribution is 2.52.